The summed E-state index contributed by atoms with van der Waals surface area (Å²) < 4.78 is 6.54. The highest BCUT2D eigenvalue weighted by Crippen LogP contribution is 2.53. The lowest BCUT2D eigenvalue weighted by molar-refractivity contribution is 0.660. The Morgan fingerprint density at radius 2 is 0.881 bits per heavy atom. The van der Waals surface area contributed by atoms with Gasteiger partial charge in [0.2, 0.25) is 0 Å². The second kappa shape index (κ2) is 13.9. The molecule has 0 unspecified atom stereocenters. The van der Waals surface area contributed by atoms with Gasteiger partial charge in [-0.3, -0.25) is 0 Å². The zero-order valence-corrected chi connectivity index (χ0v) is 33.1. The summed E-state index contributed by atoms with van der Waals surface area (Å²) in [5.74, 6) is 0. The molecule has 1 aliphatic rings. The number of anilines is 3. The molecule has 2 nitrogen and oxygen atoms in total. The summed E-state index contributed by atoms with van der Waals surface area (Å²) in [6.07, 6.45) is 0. The van der Waals surface area contributed by atoms with Crippen LogP contribution in [0.5, 0.6) is 0 Å². The molecule has 59 heavy (non-hydrogen) atoms. The Balaban J connectivity index is 1.15. The van der Waals surface area contributed by atoms with Crippen molar-refractivity contribution in [3.8, 4) is 55.6 Å². The summed E-state index contributed by atoms with van der Waals surface area (Å²) in [4.78, 5) is 2.41. The number of fused-ring (bicyclic) bond motifs is 6. The first-order chi connectivity index (χ1) is 29.0. The number of hydrogen-bond donors (Lipinski definition) is 0. The minimum absolute atomic E-state index is 0.0653. The van der Waals surface area contributed by atoms with Gasteiger partial charge in [0.25, 0.3) is 0 Å². The predicted octanol–water partition coefficient (Wildman–Crippen LogP) is 16.0. The van der Waals surface area contributed by atoms with E-state index in [1.165, 1.54) is 55.6 Å². The number of rotatable bonds is 7. The highest BCUT2D eigenvalue weighted by molar-refractivity contribution is 6.07. The van der Waals surface area contributed by atoms with Crippen molar-refractivity contribution in [1.82, 2.24) is 0 Å². The summed E-state index contributed by atoms with van der Waals surface area (Å²) >= 11 is 0. The SMILES string of the molecule is CC1(C)c2ccccc2-c2c(-c3ccc(N(c4ccc5c(c4)oc4ccccc45)c4cccc(-c5ccccc5)c4-c4ccccc4-c4ccccc4)cc3)cccc21. The maximum atomic E-state index is 6.54. The van der Waals surface area contributed by atoms with E-state index in [9.17, 15) is 0 Å². The van der Waals surface area contributed by atoms with E-state index in [-0.39, 0.29) is 5.41 Å². The predicted molar refractivity (Wildman–Crippen MR) is 248 cm³/mol. The molecule has 0 atom stereocenters. The Labute approximate surface area is 345 Å². The molecular formula is C57H41NO. The lowest BCUT2D eigenvalue weighted by Crippen LogP contribution is -2.14. The van der Waals surface area contributed by atoms with Gasteiger partial charge in [-0.15, -0.1) is 0 Å². The summed E-state index contributed by atoms with van der Waals surface area (Å²) in [7, 11) is 0. The molecule has 280 valence electrons. The van der Waals surface area contributed by atoms with Crippen LogP contribution in [0.15, 0.2) is 217 Å². The first kappa shape index (κ1) is 34.8. The Hall–Kier alpha value is -7.42. The maximum absolute atomic E-state index is 6.54. The molecule has 0 N–H and O–H groups in total. The van der Waals surface area contributed by atoms with Crippen LogP contribution in [-0.2, 0) is 5.41 Å². The highest BCUT2D eigenvalue weighted by atomic mass is 16.3. The van der Waals surface area contributed by atoms with Crippen molar-refractivity contribution in [3.63, 3.8) is 0 Å². The first-order valence-electron chi connectivity index (χ1n) is 20.4. The Kier molecular flexibility index (Phi) is 8.20. The number of nitrogens with zero attached hydrogens (tertiary/aromatic N) is 1. The monoisotopic (exact) mass is 755 g/mol. The van der Waals surface area contributed by atoms with Gasteiger partial charge >= 0.3 is 0 Å². The quantitative estimate of drug-likeness (QED) is 0.161. The number of para-hydroxylation sites is 1. The summed E-state index contributed by atoms with van der Waals surface area (Å²) in [6.45, 7) is 4.69. The van der Waals surface area contributed by atoms with Crippen molar-refractivity contribution in [2.45, 2.75) is 19.3 Å². The second-order valence-electron chi connectivity index (χ2n) is 16.0. The minimum atomic E-state index is -0.0653. The van der Waals surface area contributed by atoms with Gasteiger partial charge in [0, 0.05) is 39.2 Å². The summed E-state index contributed by atoms with van der Waals surface area (Å²) in [5, 5.41) is 2.22. The smallest absolute Gasteiger partial charge is 0.137 e. The lowest BCUT2D eigenvalue weighted by Gasteiger charge is -2.30. The molecule has 0 amide bonds. The van der Waals surface area contributed by atoms with Gasteiger partial charge in [0.1, 0.15) is 11.2 Å². The Morgan fingerprint density at radius 3 is 1.64 bits per heavy atom. The first-order valence-corrected chi connectivity index (χ1v) is 20.4. The van der Waals surface area contributed by atoms with Gasteiger partial charge < -0.3 is 9.32 Å². The van der Waals surface area contributed by atoms with Gasteiger partial charge in [0.05, 0.1) is 5.69 Å². The molecule has 9 aromatic carbocycles. The fraction of sp³-hybridized carbons (Fsp3) is 0.0526. The van der Waals surface area contributed by atoms with E-state index in [1.54, 1.807) is 0 Å². The molecule has 0 radical (unpaired) electrons. The second-order valence-corrected chi connectivity index (χ2v) is 16.0. The van der Waals surface area contributed by atoms with Crippen LogP contribution in [0.1, 0.15) is 25.0 Å². The largest absolute Gasteiger partial charge is 0.456 e. The molecule has 0 spiro atoms. The normalized spacial score (nSPS) is 12.7. The van der Waals surface area contributed by atoms with Crippen molar-refractivity contribution in [2.24, 2.45) is 0 Å². The van der Waals surface area contributed by atoms with Crippen molar-refractivity contribution < 1.29 is 4.42 Å². The van der Waals surface area contributed by atoms with E-state index >= 15 is 0 Å². The van der Waals surface area contributed by atoms with E-state index in [4.69, 9.17) is 4.42 Å². The average Bonchev–Trinajstić information content (AvgIpc) is 3.78. The minimum Gasteiger partial charge on any atom is -0.456 e. The van der Waals surface area contributed by atoms with Crippen LogP contribution in [0.25, 0.3) is 77.6 Å². The number of hydrogen-bond acceptors (Lipinski definition) is 2. The molecule has 0 aliphatic heterocycles. The molecule has 10 aromatic rings. The van der Waals surface area contributed by atoms with Crippen molar-refractivity contribution >= 4 is 39.0 Å². The van der Waals surface area contributed by atoms with E-state index in [2.05, 4.69) is 219 Å². The van der Waals surface area contributed by atoms with E-state index < -0.39 is 0 Å². The van der Waals surface area contributed by atoms with Crippen LogP contribution < -0.4 is 4.90 Å². The Bertz CT molecular complexity index is 3170. The van der Waals surface area contributed by atoms with Crippen LogP contribution in [0.3, 0.4) is 0 Å². The zero-order chi connectivity index (χ0) is 39.5. The molecule has 0 saturated carbocycles. The van der Waals surface area contributed by atoms with Crippen LogP contribution in [-0.4, -0.2) is 0 Å². The lowest BCUT2D eigenvalue weighted by atomic mass is 9.82. The number of benzene rings is 9. The molecule has 11 rings (SSSR count). The topological polar surface area (TPSA) is 16.4 Å². The van der Waals surface area contributed by atoms with Gasteiger partial charge in [-0.2, -0.15) is 0 Å². The molecule has 0 bridgehead atoms. The third kappa shape index (κ3) is 5.71. The third-order valence-corrected chi connectivity index (χ3v) is 12.3. The summed E-state index contributed by atoms with van der Waals surface area (Å²) in [5.41, 5.74) is 19.7. The standard InChI is InChI=1S/C57H41NO/c1-57(2)50-27-13-11-24-49(50)55-44(25-15-28-51(55)57)40-31-33-41(34-32-40)58(42-35-36-47-46-22-12-14-30-53(46)59-54(47)37-42)52-29-16-26-45(39-19-7-4-8-20-39)56(52)48-23-10-9-21-43(48)38-17-5-3-6-18-38/h3-37H,1-2H3. The fourth-order valence-corrected chi connectivity index (χ4v) is 9.50. The molecular weight excluding hydrogens is 715 g/mol. The van der Waals surface area contributed by atoms with Gasteiger partial charge in [-0.1, -0.05) is 184 Å². The highest BCUT2D eigenvalue weighted by Gasteiger charge is 2.36. The van der Waals surface area contributed by atoms with Gasteiger partial charge in [-0.05, 0) is 97.6 Å². The Morgan fingerprint density at radius 1 is 0.356 bits per heavy atom. The van der Waals surface area contributed by atoms with Crippen molar-refractivity contribution in [2.75, 3.05) is 4.90 Å². The van der Waals surface area contributed by atoms with Gasteiger partial charge in [-0.25, -0.2) is 0 Å². The van der Waals surface area contributed by atoms with Crippen molar-refractivity contribution in [3.05, 3.63) is 223 Å². The maximum Gasteiger partial charge on any atom is 0.137 e. The van der Waals surface area contributed by atoms with Crippen LogP contribution in [0, 0.1) is 0 Å². The molecule has 2 heteroatoms. The molecule has 1 aliphatic carbocycles. The van der Waals surface area contributed by atoms with E-state index in [0.717, 1.165) is 50.1 Å². The van der Waals surface area contributed by atoms with Crippen molar-refractivity contribution in [1.29, 1.82) is 0 Å². The molecule has 1 heterocycles. The van der Waals surface area contributed by atoms with Crippen LogP contribution in [0.2, 0.25) is 0 Å². The van der Waals surface area contributed by atoms with Crippen LogP contribution >= 0.6 is 0 Å². The van der Waals surface area contributed by atoms with E-state index in [0.29, 0.717) is 0 Å². The van der Waals surface area contributed by atoms with Gasteiger partial charge in [0.15, 0.2) is 0 Å². The molecule has 0 fully saturated rings. The van der Waals surface area contributed by atoms with E-state index in [1.807, 2.05) is 12.1 Å². The third-order valence-electron chi connectivity index (χ3n) is 12.3. The molecule has 0 saturated heterocycles. The summed E-state index contributed by atoms with van der Waals surface area (Å²) in [6, 6.07) is 76.8. The van der Waals surface area contributed by atoms with Crippen LogP contribution in [0.4, 0.5) is 17.1 Å². The molecule has 1 aromatic heterocycles. The zero-order valence-electron chi connectivity index (χ0n) is 33.1. The average molecular weight is 756 g/mol. The fourth-order valence-electron chi connectivity index (χ4n) is 9.50. The number of furan rings is 1.